The molecule has 3 heterocycles. The summed E-state index contributed by atoms with van der Waals surface area (Å²) in [7, 11) is 0. The summed E-state index contributed by atoms with van der Waals surface area (Å²) >= 11 is 3.10. The molecule has 1 atom stereocenters. The minimum absolute atomic E-state index is 0. The maximum atomic E-state index is 12.5. The number of halogens is 1. The standard InChI is InChI=1S/C20H29N5OS2.ClH/c1-2-7-25(15-3-4-16-17(10-15)28-20(21)23-16)12-14-5-8-24(9-6-14)19(26)18-11-22-13-27-18;/h11,13-15H,2-10,12H2,1H3,(H2,21,23);1H/t15-;/m0./s1. The summed E-state index contributed by atoms with van der Waals surface area (Å²) < 4.78 is 0. The van der Waals surface area contributed by atoms with Gasteiger partial charge in [0.25, 0.3) is 5.91 Å². The monoisotopic (exact) mass is 455 g/mol. The molecule has 1 amide bonds. The highest BCUT2D eigenvalue weighted by Crippen LogP contribution is 2.31. The number of aryl methyl sites for hydroxylation is 1. The Hall–Kier alpha value is -1.22. The molecule has 0 unspecified atom stereocenters. The Kier molecular flexibility index (Phi) is 7.90. The quantitative estimate of drug-likeness (QED) is 0.718. The third-order valence-corrected chi connectivity index (χ3v) is 7.71. The van der Waals surface area contributed by atoms with Crippen LogP contribution in [0.1, 0.15) is 52.8 Å². The number of carbonyl (C=O) groups is 1. The van der Waals surface area contributed by atoms with Crippen molar-refractivity contribution in [2.24, 2.45) is 5.92 Å². The number of piperidine rings is 1. The van der Waals surface area contributed by atoms with E-state index in [-0.39, 0.29) is 18.3 Å². The predicted octanol–water partition coefficient (Wildman–Crippen LogP) is 3.73. The average molecular weight is 456 g/mol. The number of hydrogen-bond donors (Lipinski definition) is 1. The van der Waals surface area contributed by atoms with Crippen LogP contribution in [0.4, 0.5) is 5.13 Å². The van der Waals surface area contributed by atoms with E-state index >= 15 is 0 Å². The molecule has 0 saturated carbocycles. The number of thiazole rings is 2. The van der Waals surface area contributed by atoms with Gasteiger partial charge in [-0.05, 0) is 51.0 Å². The highest BCUT2D eigenvalue weighted by atomic mass is 35.5. The van der Waals surface area contributed by atoms with Gasteiger partial charge >= 0.3 is 0 Å². The lowest BCUT2D eigenvalue weighted by Crippen LogP contribution is -2.45. The van der Waals surface area contributed by atoms with Crippen LogP contribution in [-0.2, 0) is 12.8 Å². The van der Waals surface area contributed by atoms with Crippen LogP contribution >= 0.6 is 35.1 Å². The summed E-state index contributed by atoms with van der Waals surface area (Å²) in [5, 5.41) is 0.714. The van der Waals surface area contributed by atoms with Gasteiger partial charge in [-0.2, -0.15) is 0 Å². The number of amides is 1. The Labute approximate surface area is 186 Å². The van der Waals surface area contributed by atoms with Crippen molar-refractivity contribution in [3.05, 3.63) is 27.2 Å². The second-order valence-electron chi connectivity index (χ2n) is 7.91. The average Bonchev–Trinajstić information content (AvgIpc) is 3.36. The van der Waals surface area contributed by atoms with E-state index in [4.69, 9.17) is 5.73 Å². The first kappa shape index (κ1) is 22.5. The van der Waals surface area contributed by atoms with Gasteiger partial charge in [0.05, 0.1) is 17.4 Å². The zero-order chi connectivity index (χ0) is 19.5. The summed E-state index contributed by atoms with van der Waals surface area (Å²) in [4.78, 5) is 27.9. The number of nitrogens with zero attached hydrogens (tertiary/aromatic N) is 4. The van der Waals surface area contributed by atoms with Gasteiger partial charge in [-0.1, -0.05) is 6.92 Å². The highest BCUT2D eigenvalue weighted by Gasteiger charge is 2.30. The van der Waals surface area contributed by atoms with Gasteiger partial charge in [-0.15, -0.1) is 35.1 Å². The molecule has 2 aliphatic rings. The number of nitrogens with two attached hydrogens (primary N) is 1. The topological polar surface area (TPSA) is 75.3 Å². The first-order chi connectivity index (χ1) is 13.6. The first-order valence-corrected chi connectivity index (χ1v) is 12.0. The van der Waals surface area contributed by atoms with Crippen molar-refractivity contribution < 1.29 is 4.79 Å². The molecule has 29 heavy (non-hydrogen) atoms. The lowest BCUT2D eigenvalue weighted by Gasteiger charge is -2.39. The summed E-state index contributed by atoms with van der Waals surface area (Å²) in [5.74, 6) is 0.818. The van der Waals surface area contributed by atoms with Gasteiger partial charge in [0.2, 0.25) is 0 Å². The van der Waals surface area contributed by atoms with E-state index in [1.54, 1.807) is 23.0 Å². The van der Waals surface area contributed by atoms with E-state index in [1.807, 2.05) is 4.90 Å². The number of hydrogen-bond acceptors (Lipinski definition) is 7. The van der Waals surface area contributed by atoms with E-state index < -0.39 is 0 Å². The van der Waals surface area contributed by atoms with Gasteiger partial charge in [0, 0.05) is 30.6 Å². The predicted molar refractivity (Wildman–Crippen MR) is 122 cm³/mol. The first-order valence-electron chi connectivity index (χ1n) is 10.3. The molecule has 9 heteroatoms. The molecule has 2 N–H and O–H groups in total. The summed E-state index contributed by atoms with van der Waals surface area (Å²) in [5.41, 5.74) is 8.88. The molecular formula is C20H30ClN5OS2. The molecule has 0 spiro atoms. The highest BCUT2D eigenvalue weighted by molar-refractivity contribution is 7.15. The van der Waals surface area contributed by atoms with Crippen LogP contribution in [0.25, 0.3) is 0 Å². The number of likely N-dealkylation sites (tertiary alicyclic amines) is 1. The van der Waals surface area contributed by atoms with Gasteiger partial charge in [-0.25, -0.2) is 4.98 Å². The SMILES string of the molecule is CCCN(CC1CCN(C(=O)c2cncs2)CC1)[C@H]1CCc2nc(N)sc2C1.Cl. The van der Waals surface area contributed by atoms with Crippen LogP contribution in [0.2, 0.25) is 0 Å². The van der Waals surface area contributed by atoms with E-state index in [9.17, 15) is 4.79 Å². The molecular weight excluding hydrogens is 426 g/mol. The molecule has 1 aliphatic carbocycles. The Balaban J connectivity index is 0.00000240. The minimum Gasteiger partial charge on any atom is -0.375 e. The summed E-state index contributed by atoms with van der Waals surface area (Å²) in [6, 6.07) is 0.601. The number of carbonyl (C=O) groups excluding carboxylic acids is 1. The maximum Gasteiger partial charge on any atom is 0.265 e. The molecule has 1 saturated heterocycles. The van der Waals surface area contributed by atoms with Crippen molar-refractivity contribution in [3.8, 4) is 0 Å². The second kappa shape index (κ2) is 10.2. The van der Waals surface area contributed by atoms with Crippen molar-refractivity contribution in [2.75, 3.05) is 31.9 Å². The van der Waals surface area contributed by atoms with Crippen LogP contribution < -0.4 is 5.73 Å². The van der Waals surface area contributed by atoms with Gasteiger partial charge in [0.1, 0.15) is 4.88 Å². The molecule has 1 fully saturated rings. The fraction of sp³-hybridized carbons (Fsp3) is 0.650. The van der Waals surface area contributed by atoms with Gasteiger partial charge < -0.3 is 10.6 Å². The molecule has 0 radical (unpaired) electrons. The molecule has 160 valence electrons. The smallest absolute Gasteiger partial charge is 0.265 e. The molecule has 2 aromatic rings. The van der Waals surface area contributed by atoms with Crippen LogP contribution in [0, 0.1) is 5.92 Å². The third kappa shape index (κ3) is 5.29. The number of rotatable bonds is 6. The minimum atomic E-state index is 0. The van der Waals surface area contributed by atoms with Crippen molar-refractivity contribution in [2.45, 2.75) is 51.5 Å². The van der Waals surface area contributed by atoms with Gasteiger partial charge in [0.15, 0.2) is 5.13 Å². The van der Waals surface area contributed by atoms with Crippen molar-refractivity contribution in [1.82, 2.24) is 19.8 Å². The Morgan fingerprint density at radius 3 is 2.83 bits per heavy atom. The number of anilines is 1. The Morgan fingerprint density at radius 2 is 2.14 bits per heavy atom. The van der Waals surface area contributed by atoms with Crippen LogP contribution in [0.5, 0.6) is 0 Å². The Bertz CT molecular complexity index is 789. The normalized spacial score (nSPS) is 19.8. The van der Waals surface area contributed by atoms with Crippen molar-refractivity contribution >= 4 is 46.1 Å². The van der Waals surface area contributed by atoms with E-state index in [2.05, 4.69) is 21.8 Å². The van der Waals surface area contributed by atoms with E-state index in [0.717, 1.165) is 56.7 Å². The Morgan fingerprint density at radius 1 is 1.34 bits per heavy atom. The lowest BCUT2D eigenvalue weighted by molar-refractivity contribution is 0.0647. The molecule has 0 aromatic carbocycles. The van der Waals surface area contributed by atoms with Crippen LogP contribution in [-0.4, -0.2) is 57.9 Å². The second-order valence-corrected chi connectivity index (χ2v) is 9.92. The van der Waals surface area contributed by atoms with Gasteiger partial charge in [-0.3, -0.25) is 14.7 Å². The van der Waals surface area contributed by atoms with Crippen molar-refractivity contribution in [3.63, 3.8) is 0 Å². The zero-order valence-electron chi connectivity index (χ0n) is 16.9. The lowest BCUT2D eigenvalue weighted by atomic mass is 9.92. The summed E-state index contributed by atoms with van der Waals surface area (Å²) in [6.07, 6.45) is 8.37. The number of nitrogen functional groups attached to an aromatic ring is 1. The maximum absolute atomic E-state index is 12.5. The third-order valence-electron chi connectivity index (χ3n) is 5.99. The fourth-order valence-corrected chi connectivity index (χ4v) is 6.06. The fourth-order valence-electron chi connectivity index (χ4n) is 4.53. The molecule has 0 bridgehead atoms. The zero-order valence-corrected chi connectivity index (χ0v) is 19.3. The van der Waals surface area contributed by atoms with Crippen LogP contribution in [0.15, 0.2) is 11.7 Å². The molecule has 1 aliphatic heterocycles. The number of fused-ring (bicyclic) bond motifs is 1. The molecule has 2 aromatic heterocycles. The largest absolute Gasteiger partial charge is 0.375 e. The molecule has 6 nitrogen and oxygen atoms in total. The van der Waals surface area contributed by atoms with E-state index in [0.29, 0.717) is 17.1 Å². The van der Waals surface area contributed by atoms with E-state index in [1.165, 1.54) is 34.7 Å². The van der Waals surface area contributed by atoms with Crippen molar-refractivity contribution in [1.29, 1.82) is 0 Å². The number of aromatic nitrogens is 2. The summed E-state index contributed by atoms with van der Waals surface area (Å²) in [6.45, 7) is 6.28. The van der Waals surface area contributed by atoms with Crippen LogP contribution in [0.3, 0.4) is 0 Å². The molecule has 4 rings (SSSR count).